The highest BCUT2D eigenvalue weighted by molar-refractivity contribution is 5.99. The summed E-state index contributed by atoms with van der Waals surface area (Å²) in [5, 5.41) is 14.1. The lowest BCUT2D eigenvalue weighted by Crippen LogP contribution is -2.37. The van der Waals surface area contributed by atoms with Crippen molar-refractivity contribution < 1.29 is 14.2 Å². The number of ether oxygens (including phenoxy) is 3. The lowest BCUT2D eigenvalue weighted by atomic mass is 10.0. The van der Waals surface area contributed by atoms with Crippen LogP contribution in [-0.2, 0) is 17.6 Å². The van der Waals surface area contributed by atoms with Crippen molar-refractivity contribution in [2.45, 2.75) is 19.3 Å². The molecule has 3 aromatic carbocycles. The van der Waals surface area contributed by atoms with E-state index in [1.165, 1.54) is 11.1 Å². The first-order valence-electron chi connectivity index (χ1n) is 13.5. The summed E-state index contributed by atoms with van der Waals surface area (Å²) in [6.07, 6.45) is 4.47. The van der Waals surface area contributed by atoms with E-state index in [-0.39, 0.29) is 0 Å². The van der Waals surface area contributed by atoms with Gasteiger partial charge in [0, 0.05) is 36.9 Å². The fourth-order valence-electron chi connectivity index (χ4n) is 4.88. The Morgan fingerprint density at radius 2 is 1.72 bits per heavy atom. The smallest absolute Gasteiger partial charge is 0.187 e. The number of aromatic nitrogens is 1. The van der Waals surface area contributed by atoms with Crippen molar-refractivity contribution in [3.05, 3.63) is 89.6 Å². The van der Waals surface area contributed by atoms with Crippen molar-refractivity contribution in [1.82, 2.24) is 9.88 Å². The van der Waals surface area contributed by atoms with Gasteiger partial charge in [0.1, 0.15) is 11.6 Å². The summed E-state index contributed by atoms with van der Waals surface area (Å²) in [4.78, 5) is 6.96. The molecule has 0 amide bonds. The van der Waals surface area contributed by atoms with E-state index in [4.69, 9.17) is 14.2 Å². The lowest BCUT2D eigenvalue weighted by Gasteiger charge is -2.26. The van der Waals surface area contributed by atoms with Gasteiger partial charge in [0.15, 0.2) is 11.5 Å². The van der Waals surface area contributed by atoms with Crippen LogP contribution in [0.15, 0.2) is 72.9 Å². The lowest BCUT2D eigenvalue weighted by molar-refractivity contribution is 0.0357. The summed E-state index contributed by atoms with van der Waals surface area (Å²) in [5.74, 6) is 1.22. The van der Waals surface area contributed by atoms with E-state index in [0.717, 1.165) is 63.2 Å². The normalized spacial score (nSPS) is 13.6. The highest BCUT2D eigenvalue weighted by Gasteiger charge is 2.17. The Morgan fingerprint density at radius 1 is 0.974 bits per heavy atom. The summed E-state index contributed by atoms with van der Waals surface area (Å²) in [6, 6.07) is 25.0. The largest absolute Gasteiger partial charge is 0.491 e. The quantitative estimate of drug-likeness (QED) is 0.252. The molecule has 0 radical (unpaired) electrons. The zero-order valence-electron chi connectivity index (χ0n) is 22.4. The molecule has 0 spiro atoms. The zero-order valence-corrected chi connectivity index (χ0v) is 22.4. The molecule has 0 saturated carbocycles. The summed E-state index contributed by atoms with van der Waals surface area (Å²) < 4.78 is 17.3. The van der Waals surface area contributed by atoms with E-state index in [1.807, 2.05) is 18.2 Å². The molecule has 39 heavy (non-hydrogen) atoms. The molecular formula is C32H34N4O3. The molecule has 4 aromatic rings. The van der Waals surface area contributed by atoms with Gasteiger partial charge in [-0.1, -0.05) is 42.5 Å². The van der Waals surface area contributed by atoms with Crippen molar-refractivity contribution in [3.8, 4) is 17.6 Å². The molecule has 1 aliphatic rings. The molecule has 0 unspecified atom stereocenters. The number of anilines is 2. The summed E-state index contributed by atoms with van der Waals surface area (Å²) in [5.41, 5.74) is 5.33. The predicted octanol–water partition coefficient (Wildman–Crippen LogP) is 5.74. The molecule has 7 heteroatoms. The van der Waals surface area contributed by atoms with Crippen LogP contribution in [0, 0.1) is 11.3 Å². The van der Waals surface area contributed by atoms with Crippen LogP contribution >= 0.6 is 0 Å². The molecule has 2 heterocycles. The van der Waals surface area contributed by atoms with Gasteiger partial charge in [0.05, 0.1) is 38.2 Å². The number of pyridine rings is 1. The fraction of sp³-hybridized carbons (Fsp3) is 0.312. The maximum atomic E-state index is 9.81. The standard InChI is InChI=1S/C32H34N4O3/c1-37-32-29(39-19-5-16-36-17-20-38-21-18-36)15-14-28-30(26(22-33)23-34-31(28)32)35-27-12-10-25(11-13-27)9-8-24-6-3-2-4-7-24/h2-4,6-7,10-15,23H,5,8-9,16-21H2,1H3,(H,34,35). The van der Waals surface area contributed by atoms with E-state index >= 15 is 0 Å². The number of fused-ring (bicyclic) bond motifs is 1. The molecule has 1 N–H and O–H groups in total. The number of nitrogens with zero attached hydrogens (tertiary/aromatic N) is 3. The van der Waals surface area contributed by atoms with Gasteiger partial charge in [-0.05, 0) is 54.7 Å². The van der Waals surface area contributed by atoms with Crippen molar-refractivity contribution in [2.24, 2.45) is 0 Å². The van der Waals surface area contributed by atoms with Crippen LogP contribution in [0.4, 0.5) is 11.4 Å². The molecule has 1 saturated heterocycles. The Labute approximate surface area is 229 Å². The average molecular weight is 523 g/mol. The van der Waals surface area contributed by atoms with Crippen molar-refractivity contribution in [3.63, 3.8) is 0 Å². The molecule has 0 aliphatic carbocycles. The van der Waals surface area contributed by atoms with Crippen molar-refractivity contribution in [1.29, 1.82) is 5.26 Å². The number of morpholine rings is 1. The van der Waals surface area contributed by atoms with Gasteiger partial charge >= 0.3 is 0 Å². The predicted molar refractivity (Wildman–Crippen MR) is 154 cm³/mol. The Hall–Kier alpha value is -4.12. The fourth-order valence-corrected chi connectivity index (χ4v) is 4.88. The van der Waals surface area contributed by atoms with Crippen LogP contribution in [0.2, 0.25) is 0 Å². The number of nitriles is 1. The maximum absolute atomic E-state index is 9.81. The van der Waals surface area contributed by atoms with E-state index < -0.39 is 0 Å². The summed E-state index contributed by atoms with van der Waals surface area (Å²) in [6.45, 7) is 5.08. The number of benzene rings is 3. The Kier molecular flexibility index (Phi) is 8.90. The van der Waals surface area contributed by atoms with E-state index in [9.17, 15) is 5.26 Å². The van der Waals surface area contributed by atoms with Gasteiger partial charge in [-0.3, -0.25) is 9.88 Å². The SMILES string of the molecule is COc1c(OCCCN2CCOCC2)ccc2c(Nc3ccc(CCc4ccccc4)cc3)c(C#N)cnc12. The van der Waals surface area contributed by atoms with Gasteiger partial charge < -0.3 is 19.5 Å². The van der Waals surface area contributed by atoms with E-state index in [0.29, 0.717) is 34.9 Å². The minimum atomic E-state index is 0.469. The number of rotatable bonds is 11. The number of hydrogen-bond acceptors (Lipinski definition) is 7. The van der Waals surface area contributed by atoms with Crippen LogP contribution < -0.4 is 14.8 Å². The average Bonchev–Trinajstić information content (AvgIpc) is 3.00. The number of methoxy groups -OCH3 is 1. The molecular weight excluding hydrogens is 488 g/mol. The van der Waals surface area contributed by atoms with Crippen LogP contribution in [0.1, 0.15) is 23.1 Å². The molecule has 200 valence electrons. The van der Waals surface area contributed by atoms with Crippen molar-refractivity contribution >= 4 is 22.3 Å². The summed E-state index contributed by atoms with van der Waals surface area (Å²) in [7, 11) is 1.62. The second-order valence-electron chi connectivity index (χ2n) is 9.62. The Morgan fingerprint density at radius 3 is 2.44 bits per heavy atom. The Balaban J connectivity index is 1.29. The van der Waals surface area contributed by atoms with Gasteiger partial charge in [-0.15, -0.1) is 0 Å². The summed E-state index contributed by atoms with van der Waals surface area (Å²) >= 11 is 0. The van der Waals surface area contributed by atoms with E-state index in [2.05, 4.69) is 69.8 Å². The monoisotopic (exact) mass is 522 g/mol. The first-order valence-corrected chi connectivity index (χ1v) is 13.5. The second-order valence-corrected chi connectivity index (χ2v) is 9.62. The highest BCUT2D eigenvalue weighted by atomic mass is 16.5. The van der Waals surface area contributed by atoms with Gasteiger partial charge in [0.25, 0.3) is 0 Å². The minimum Gasteiger partial charge on any atom is -0.491 e. The highest BCUT2D eigenvalue weighted by Crippen LogP contribution is 2.39. The van der Waals surface area contributed by atoms with Crippen LogP contribution in [-0.4, -0.2) is 56.4 Å². The first-order chi connectivity index (χ1) is 19.2. The van der Waals surface area contributed by atoms with Crippen LogP contribution in [0.3, 0.4) is 0 Å². The Bertz CT molecular complexity index is 1410. The topological polar surface area (TPSA) is 79.6 Å². The number of hydrogen-bond donors (Lipinski definition) is 1. The molecule has 7 nitrogen and oxygen atoms in total. The van der Waals surface area contributed by atoms with Gasteiger partial charge in [0.2, 0.25) is 0 Å². The molecule has 5 rings (SSSR count). The molecule has 0 bridgehead atoms. The zero-order chi connectivity index (χ0) is 26.9. The van der Waals surface area contributed by atoms with Gasteiger partial charge in [-0.25, -0.2) is 0 Å². The minimum absolute atomic E-state index is 0.469. The van der Waals surface area contributed by atoms with Crippen molar-refractivity contribution in [2.75, 3.05) is 51.9 Å². The second kappa shape index (κ2) is 13.1. The molecule has 1 aromatic heterocycles. The first kappa shape index (κ1) is 26.5. The maximum Gasteiger partial charge on any atom is 0.187 e. The van der Waals surface area contributed by atoms with Gasteiger partial charge in [-0.2, -0.15) is 5.26 Å². The van der Waals surface area contributed by atoms with Crippen LogP contribution in [0.5, 0.6) is 11.5 Å². The van der Waals surface area contributed by atoms with E-state index in [1.54, 1.807) is 13.3 Å². The number of nitrogens with one attached hydrogen (secondary N) is 1. The third-order valence-electron chi connectivity index (χ3n) is 7.03. The number of aryl methyl sites for hydroxylation is 2. The van der Waals surface area contributed by atoms with Crippen LogP contribution in [0.25, 0.3) is 10.9 Å². The molecule has 0 atom stereocenters. The third-order valence-corrected chi connectivity index (χ3v) is 7.03. The third kappa shape index (κ3) is 6.66. The molecule has 1 aliphatic heterocycles. The molecule has 1 fully saturated rings.